The van der Waals surface area contributed by atoms with E-state index in [9.17, 15) is 9.59 Å². The summed E-state index contributed by atoms with van der Waals surface area (Å²) in [6, 6.07) is 0. The molecule has 4 saturated carbocycles. The van der Waals surface area contributed by atoms with Crippen LogP contribution in [0.5, 0.6) is 0 Å². The second kappa shape index (κ2) is 3.02. The lowest BCUT2D eigenvalue weighted by molar-refractivity contribution is -0.182. The Hall–Kier alpha value is -0.660. The van der Waals surface area contributed by atoms with Gasteiger partial charge in [-0.25, -0.2) is 0 Å². The van der Waals surface area contributed by atoms with E-state index in [-0.39, 0.29) is 10.8 Å². The first-order valence-corrected chi connectivity index (χ1v) is 7.28. The number of fused-ring (bicyclic) bond motifs is 4. The number of rotatable bonds is 0. The van der Waals surface area contributed by atoms with Crippen molar-refractivity contribution in [3.63, 3.8) is 0 Å². The van der Waals surface area contributed by atoms with E-state index in [2.05, 4.69) is 0 Å². The molecule has 0 N–H and O–H groups in total. The molecule has 0 saturated heterocycles. The molecule has 4 fully saturated rings. The molecule has 92 valence electrons. The number of carbonyl (C=O) groups is 2. The normalized spacial score (nSPS) is 46.8. The van der Waals surface area contributed by atoms with Crippen LogP contribution in [0.15, 0.2) is 0 Å². The molecule has 2 bridgehead atoms. The Morgan fingerprint density at radius 3 is 2.35 bits per heavy atom. The van der Waals surface area contributed by atoms with Gasteiger partial charge in [-0.05, 0) is 38.0 Å². The van der Waals surface area contributed by atoms with Gasteiger partial charge in [-0.1, -0.05) is 19.3 Å². The summed E-state index contributed by atoms with van der Waals surface area (Å²) in [5, 5.41) is 0. The van der Waals surface area contributed by atoms with Crippen LogP contribution in [0.1, 0.15) is 57.8 Å². The molecule has 3 atom stereocenters. The monoisotopic (exact) mass is 232 g/mol. The van der Waals surface area contributed by atoms with Crippen LogP contribution < -0.4 is 0 Å². The first-order valence-electron chi connectivity index (χ1n) is 7.28. The Morgan fingerprint density at radius 2 is 1.76 bits per heavy atom. The van der Waals surface area contributed by atoms with Gasteiger partial charge in [0.2, 0.25) is 0 Å². The Balaban J connectivity index is 1.79. The number of ketones is 2. The van der Waals surface area contributed by atoms with Crippen molar-refractivity contribution in [3.05, 3.63) is 0 Å². The zero-order chi connectivity index (χ0) is 11.7. The number of carbonyl (C=O) groups excluding carboxylic acids is 2. The third kappa shape index (κ3) is 0.924. The minimum atomic E-state index is -0.178. The molecule has 0 radical (unpaired) electrons. The molecule has 2 spiro atoms. The van der Waals surface area contributed by atoms with Gasteiger partial charge < -0.3 is 0 Å². The third-order valence-electron chi connectivity index (χ3n) is 6.47. The smallest absolute Gasteiger partial charge is 0.143 e. The summed E-state index contributed by atoms with van der Waals surface area (Å²) in [6.45, 7) is 0. The van der Waals surface area contributed by atoms with Crippen LogP contribution in [0.2, 0.25) is 0 Å². The molecule has 0 heterocycles. The first-order chi connectivity index (χ1) is 8.21. The van der Waals surface area contributed by atoms with Crippen molar-refractivity contribution < 1.29 is 9.59 Å². The van der Waals surface area contributed by atoms with Crippen molar-refractivity contribution in [2.75, 3.05) is 0 Å². The van der Waals surface area contributed by atoms with Gasteiger partial charge in [-0.2, -0.15) is 0 Å². The molecule has 4 aliphatic carbocycles. The number of hydrogen-bond acceptors (Lipinski definition) is 2. The van der Waals surface area contributed by atoms with Crippen molar-refractivity contribution in [1.29, 1.82) is 0 Å². The molecule has 4 aliphatic rings. The lowest BCUT2D eigenvalue weighted by Crippen LogP contribution is -2.65. The summed E-state index contributed by atoms with van der Waals surface area (Å²) in [4.78, 5) is 24.9. The van der Waals surface area contributed by atoms with E-state index in [1.165, 1.54) is 12.8 Å². The van der Waals surface area contributed by atoms with Gasteiger partial charge in [0.15, 0.2) is 0 Å². The minimum absolute atomic E-state index is 0.159. The van der Waals surface area contributed by atoms with E-state index >= 15 is 0 Å². The maximum atomic E-state index is 12.6. The quantitative estimate of drug-likeness (QED) is 0.643. The van der Waals surface area contributed by atoms with Crippen molar-refractivity contribution in [3.8, 4) is 0 Å². The average Bonchev–Trinajstić information content (AvgIpc) is 2.93. The molecular weight excluding hydrogens is 212 g/mol. The maximum absolute atomic E-state index is 12.6. The van der Waals surface area contributed by atoms with Crippen LogP contribution in [-0.2, 0) is 9.59 Å². The third-order valence-corrected chi connectivity index (χ3v) is 6.47. The lowest BCUT2D eigenvalue weighted by Gasteiger charge is -2.60. The highest BCUT2D eigenvalue weighted by atomic mass is 16.1. The molecule has 0 unspecified atom stereocenters. The first kappa shape index (κ1) is 10.3. The molecule has 17 heavy (non-hydrogen) atoms. The summed E-state index contributed by atoms with van der Waals surface area (Å²) in [5.41, 5.74) is -0.338. The highest BCUT2D eigenvalue weighted by Gasteiger charge is 2.75. The van der Waals surface area contributed by atoms with Gasteiger partial charge in [-0.15, -0.1) is 0 Å². The largest absolute Gasteiger partial charge is 0.299 e. The van der Waals surface area contributed by atoms with Gasteiger partial charge in [0.25, 0.3) is 0 Å². The van der Waals surface area contributed by atoms with Gasteiger partial charge in [0, 0.05) is 17.8 Å². The fourth-order valence-electron chi connectivity index (χ4n) is 5.70. The molecule has 2 nitrogen and oxygen atoms in total. The molecule has 4 rings (SSSR count). The van der Waals surface area contributed by atoms with Crippen molar-refractivity contribution in [1.82, 2.24) is 0 Å². The van der Waals surface area contributed by atoms with Crippen molar-refractivity contribution >= 4 is 11.6 Å². The summed E-state index contributed by atoms with van der Waals surface area (Å²) in [5.74, 6) is 1.82. The maximum Gasteiger partial charge on any atom is 0.143 e. The van der Waals surface area contributed by atoms with Gasteiger partial charge in [0.05, 0.1) is 5.41 Å². The fourth-order valence-corrected chi connectivity index (χ4v) is 5.70. The highest BCUT2D eigenvalue weighted by molar-refractivity contribution is 6.07. The number of Topliss-reactive ketones (excluding diaryl/α,β-unsaturated/α-hetero) is 2. The van der Waals surface area contributed by atoms with E-state index in [1.807, 2.05) is 0 Å². The summed E-state index contributed by atoms with van der Waals surface area (Å²) >= 11 is 0. The molecule has 0 aromatic heterocycles. The van der Waals surface area contributed by atoms with E-state index in [0.29, 0.717) is 29.8 Å². The Kier molecular flexibility index (Phi) is 1.82. The van der Waals surface area contributed by atoms with Crippen LogP contribution in [0, 0.1) is 22.7 Å². The van der Waals surface area contributed by atoms with Gasteiger partial charge in [-0.3, -0.25) is 9.59 Å². The standard InChI is InChI=1S/C15H20O2/c16-12-9-15(14(12)6-2-1-3-7-14)11-5-4-10(8-11)13(15)17/h10-11H,1-9H2/t10-,11+,15-/m1/s1. The summed E-state index contributed by atoms with van der Waals surface area (Å²) in [7, 11) is 0. The van der Waals surface area contributed by atoms with Crippen LogP contribution >= 0.6 is 0 Å². The summed E-state index contributed by atoms with van der Waals surface area (Å²) < 4.78 is 0. The molecule has 2 heteroatoms. The molecule has 0 amide bonds. The second-order valence-electron chi connectivity index (χ2n) is 6.79. The van der Waals surface area contributed by atoms with E-state index in [1.54, 1.807) is 0 Å². The Labute approximate surface area is 102 Å². The Bertz CT molecular complexity index is 405. The number of hydrogen-bond donors (Lipinski definition) is 0. The van der Waals surface area contributed by atoms with Gasteiger partial charge in [0.1, 0.15) is 11.6 Å². The minimum Gasteiger partial charge on any atom is -0.299 e. The summed E-state index contributed by atoms with van der Waals surface area (Å²) in [6.07, 6.45) is 9.65. The van der Waals surface area contributed by atoms with Crippen LogP contribution in [0.3, 0.4) is 0 Å². The second-order valence-corrected chi connectivity index (χ2v) is 6.79. The zero-order valence-electron chi connectivity index (χ0n) is 10.3. The topological polar surface area (TPSA) is 34.1 Å². The Morgan fingerprint density at radius 1 is 1.00 bits per heavy atom. The predicted octanol–water partition coefficient (Wildman–Crippen LogP) is 2.90. The SMILES string of the molecule is O=C1C[C@@]2(C(=O)[C@@H]3CC[C@H]2C3)C12CCCCC2. The van der Waals surface area contributed by atoms with E-state index in [0.717, 1.165) is 38.5 Å². The van der Waals surface area contributed by atoms with Crippen LogP contribution in [0.4, 0.5) is 0 Å². The molecular formula is C15H20O2. The van der Waals surface area contributed by atoms with Crippen LogP contribution in [-0.4, -0.2) is 11.6 Å². The van der Waals surface area contributed by atoms with Crippen molar-refractivity contribution in [2.24, 2.45) is 22.7 Å². The molecule has 0 aromatic carbocycles. The fraction of sp³-hybridized carbons (Fsp3) is 0.867. The van der Waals surface area contributed by atoms with Gasteiger partial charge >= 0.3 is 0 Å². The lowest BCUT2D eigenvalue weighted by atomic mass is 9.39. The molecule has 0 aliphatic heterocycles. The predicted molar refractivity (Wildman–Crippen MR) is 63.4 cm³/mol. The van der Waals surface area contributed by atoms with E-state index in [4.69, 9.17) is 0 Å². The van der Waals surface area contributed by atoms with E-state index < -0.39 is 0 Å². The highest BCUT2D eigenvalue weighted by Crippen LogP contribution is 2.72. The van der Waals surface area contributed by atoms with Crippen LogP contribution in [0.25, 0.3) is 0 Å². The molecule has 0 aromatic rings. The zero-order valence-corrected chi connectivity index (χ0v) is 10.3. The average molecular weight is 232 g/mol. The van der Waals surface area contributed by atoms with Crippen molar-refractivity contribution in [2.45, 2.75) is 57.8 Å².